The molecule has 42 heavy (non-hydrogen) atoms. The van der Waals surface area contributed by atoms with Gasteiger partial charge in [0, 0.05) is 34.9 Å². The summed E-state index contributed by atoms with van der Waals surface area (Å²) in [5.74, 6) is 0. The van der Waals surface area contributed by atoms with E-state index in [1.807, 2.05) is 48.5 Å². The molecular formula is C24H20Na4O8S6. The van der Waals surface area contributed by atoms with Gasteiger partial charge in [-0.15, -0.1) is 12.6 Å². The smallest absolute Gasteiger partial charge is 0.780 e. The third-order valence-corrected chi connectivity index (χ3v) is 6.22. The average Bonchev–Trinajstić information content (AvgIpc) is 2.82. The Kier molecular flexibility index (Phi) is 33.8. The number of thiol groups is 1. The fourth-order valence-corrected chi connectivity index (χ4v) is 4.23. The molecule has 0 atom stereocenters. The predicted molar refractivity (Wildman–Crippen MR) is 150 cm³/mol. The maximum Gasteiger partial charge on any atom is 1.00 e. The van der Waals surface area contributed by atoms with Crippen LogP contribution in [0, 0.1) is 0 Å². The second-order valence-corrected chi connectivity index (χ2v) is 11.6. The largest absolute Gasteiger partial charge is 1.00 e. The Hall–Kier alpha value is 1.89. The molecule has 0 aliphatic rings. The first-order valence-electron chi connectivity index (χ1n) is 10.1. The molecule has 0 fully saturated rings. The average molecular weight is 721 g/mol. The van der Waals surface area contributed by atoms with E-state index in [1.165, 1.54) is 19.6 Å². The van der Waals surface area contributed by atoms with Crippen molar-refractivity contribution in [1.29, 1.82) is 0 Å². The van der Waals surface area contributed by atoms with Gasteiger partial charge in [-0.25, -0.2) is 8.42 Å². The van der Waals surface area contributed by atoms with Gasteiger partial charge in [0.2, 0.25) is 10.4 Å². The molecule has 0 heterocycles. The molecule has 204 valence electrons. The van der Waals surface area contributed by atoms with Crippen LogP contribution in [-0.2, 0) is 33.4 Å². The van der Waals surface area contributed by atoms with Crippen LogP contribution in [0.2, 0.25) is 0 Å². The Morgan fingerprint density at radius 2 is 0.786 bits per heavy atom. The van der Waals surface area contributed by atoms with Gasteiger partial charge >= 0.3 is 118 Å². The molecule has 0 aromatic heterocycles. The second kappa shape index (κ2) is 28.0. The fraction of sp³-hybridized carbons (Fsp3) is 0. The summed E-state index contributed by atoms with van der Waals surface area (Å²) in [6, 6.07) is 36.9. The molecule has 4 rings (SSSR count). The number of hydrogen-bond acceptors (Lipinski definition) is 11. The molecular weight excluding hydrogens is 701 g/mol. The van der Waals surface area contributed by atoms with Crippen LogP contribution >= 0.6 is 36.2 Å². The molecule has 4 aromatic carbocycles. The normalized spacial score (nSPS) is 9.45. The van der Waals surface area contributed by atoms with Gasteiger partial charge in [0.05, 0.1) is 0 Å². The standard InChI is InChI=1S/2C12H10S2.4Na.2H2O4S/c2*13-10-6-8-12(9-7-10)14-11-4-2-1-3-5-11;;;;;2*1-5(2,3)4/h2*1-9,13H;;;;;2*(H2,1,2,3,4)/q;;4*+1;;/p-4. The summed E-state index contributed by atoms with van der Waals surface area (Å²) < 4.78 is 66.9. The summed E-state index contributed by atoms with van der Waals surface area (Å²) in [5, 5.41) is 0. The van der Waals surface area contributed by atoms with E-state index < -0.39 is 20.8 Å². The van der Waals surface area contributed by atoms with Crippen LogP contribution in [0.5, 0.6) is 0 Å². The maximum atomic E-state index is 8.63. The number of benzene rings is 4. The molecule has 0 amide bonds. The van der Waals surface area contributed by atoms with Gasteiger partial charge in [-0.05, 0) is 60.7 Å². The topological polar surface area (TPSA) is 158 Å². The maximum absolute atomic E-state index is 8.63. The van der Waals surface area contributed by atoms with Crippen molar-refractivity contribution in [2.24, 2.45) is 0 Å². The van der Waals surface area contributed by atoms with Crippen LogP contribution < -0.4 is 118 Å². The number of hydrogen-bond donors (Lipinski definition) is 2. The Bertz CT molecular complexity index is 1310. The third kappa shape index (κ3) is 33.3. The van der Waals surface area contributed by atoms with Crippen LogP contribution in [0.1, 0.15) is 0 Å². The van der Waals surface area contributed by atoms with Crippen LogP contribution in [0.15, 0.2) is 139 Å². The van der Waals surface area contributed by atoms with Crippen LogP contribution in [0.4, 0.5) is 0 Å². The monoisotopic (exact) mass is 720 g/mol. The molecule has 0 radical (unpaired) electrons. The van der Waals surface area contributed by atoms with E-state index in [2.05, 4.69) is 73.3 Å². The zero-order valence-corrected chi connectivity index (χ0v) is 36.2. The van der Waals surface area contributed by atoms with Crippen molar-refractivity contribution in [3.63, 3.8) is 0 Å². The van der Waals surface area contributed by atoms with Gasteiger partial charge in [-0.2, -0.15) is 4.90 Å². The van der Waals surface area contributed by atoms with E-state index in [1.54, 1.807) is 23.5 Å². The summed E-state index contributed by atoms with van der Waals surface area (Å²) in [4.78, 5) is 6.88. The molecule has 0 spiro atoms. The third-order valence-electron chi connectivity index (χ3n) is 3.62. The van der Waals surface area contributed by atoms with Crippen molar-refractivity contribution < 1.29 is 153 Å². The van der Waals surface area contributed by atoms with E-state index in [-0.39, 0.29) is 118 Å². The van der Waals surface area contributed by atoms with Crippen molar-refractivity contribution in [3.05, 3.63) is 109 Å². The van der Waals surface area contributed by atoms with Crippen molar-refractivity contribution in [2.75, 3.05) is 0 Å². The minimum atomic E-state index is -5.17. The van der Waals surface area contributed by atoms with Gasteiger partial charge in [0.15, 0.2) is 0 Å². The fourth-order valence-electron chi connectivity index (χ4n) is 2.27. The van der Waals surface area contributed by atoms with Crippen molar-refractivity contribution in [1.82, 2.24) is 0 Å². The first kappa shape index (κ1) is 50.7. The van der Waals surface area contributed by atoms with Crippen molar-refractivity contribution in [3.8, 4) is 0 Å². The summed E-state index contributed by atoms with van der Waals surface area (Å²) >= 11 is 12.8. The van der Waals surface area contributed by atoms with E-state index in [4.69, 9.17) is 47.7 Å². The quantitative estimate of drug-likeness (QED) is 0.0680. The van der Waals surface area contributed by atoms with E-state index >= 15 is 0 Å². The Morgan fingerprint density at radius 3 is 1.07 bits per heavy atom. The molecule has 0 aliphatic heterocycles. The second-order valence-electron chi connectivity index (χ2n) is 6.63. The van der Waals surface area contributed by atoms with Crippen molar-refractivity contribution in [2.45, 2.75) is 29.4 Å². The van der Waals surface area contributed by atoms with E-state index in [0.29, 0.717) is 0 Å². The Balaban J connectivity index is -0.000000245. The van der Waals surface area contributed by atoms with Gasteiger partial charge in [0.1, 0.15) is 0 Å². The molecule has 8 nitrogen and oxygen atoms in total. The van der Waals surface area contributed by atoms with Crippen LogP contribution in [-0.4, -0.2) is 35.0 Å². The molecule has 0 bridgehead atoms. The summed E-state index contributed by atoms with van der Waals surface area (Å²) in [6.07, 6.45) is 0. The van der Waals surface area contributed by atoms with Gasteiger partial charge in [-0.1, -0.05) is 72.1 Å². The first-order valence-corrected chi connectivity index (χ1v) is 15.2. The Morgan fingerprint density at radius 1 is 0.548 bits per heavy atom. The SMILES string of the molecule is O=S(=O)([O-])O.O=S(=O)([O-])[O-].Sc1ccc(Sc2ccccc2)cc1.[Na+].[Na+].[Na+].[Na+].[S-]c1ccc(Sc2ccccc2)cc1. The zero-order chi connectivity index (χ0) is 28.6. The van der Waals surface area contributed by atoms with Gasteiger partial charge < -0.3 is 26.3 Å². The molecule has 0 unspecified atom stereocenters. The summed E-state index contributed by atoms with van der Waals surface area (Å²) in [6.45, 7) is 0. The zero-order valence-electron chi connectivity index (χ0n) is 23.2. The molecule has 1 N–H and O–H groups in total. The minimum absolute atomic E-state index is 0. The summed E-state index contributed by atoms with van der Waals surface area (Å²) in [7, 11) is -10.1. The minimum Gasteiger partial charge on any atom is -0.780 e. The van der Waals surface area contributed by atoms with Gasteiger partial charge in [0.25, 0.3) is 0 Å². The van der Waals surface area contributed by atoms with Crippen LogP contribution in [0.25, 0.3) is 0 Å². The number of rotatable bonds is 4. The van der Waals surface area contributed by atoms with Gasteiger partial charge in [-0.3, -0.25) is 13.0 Å². The van der Waals surface area contributed by atoms with Crippen LogP contribution in [0.3, 0.4) is 0 Å². The molecule has 0 saturated heterocycles. The predicted octanol–water partition coefficient (Wildman–Crippen LogP) is -6.45. The summed E-state index contributed by atoms with van der Waals surface area (Å²) in [5.41, 5.74) is 0. The van der Waals surface area contributed by atoms with Crippen molar-refractivity contribution >= 4 is 69.6 Å². The Labute approximate surface area is 355 Å². The first-order chi connectivity index (χ1) is 17.7. The molecule has 4 aromatic rings. The van der Waals surface area contributed by atoms with E-state index in [0.717, 1.165) is 9.79 Å². The van der Waals surface area contributed by atoms with E-state index in [9.17, 15) is 0 Å². The molecule has 0 aliphatic carbocycles. The molecule has 0 saturated carbocycles. The molecule has 18 heteroatoms.